The average molecular weight is 499 g/mol. The van der Waals surface area contributed by atoms with Crippen molar-refractivity contribution in [2.45, 2.75) is 25.8 Å². The van der Waals surface area contributed by atoms with Gasteiger partial charge in [0, 0.05) is 15.3 Å². The summed E-state index contributed by atoms with van der Waals surface area (Å²) < 4.78 is 15.6. The molecule has 148 valence electrons. The van der Waals surface area contributed by atoms with Gasteiger partial charge in [-0.2, -0.15) is 20.9 Å². The minimum Gasteiger partial charge on any atom is -0.478 e. The number of halogens is 2. The van der Waals surface area contributed by atoms with E-state index in [1.807, 2.05) is 19.1 Å². The second-order valence-electron chi connectivity index (χ2n) is 6.29. The Morgan fingerprint density at radius 2 is 2.11 bits per heavy atom. The summed E-state index contributed by atoms with van der Waals surface area (Å²) in [4.78, 5) is 16.0. The number of aromatic carboxylic acids is 1. The van der Waals surface area contributed by atoms with Gasteiger partial charge in [-0.1, -0.05) is 0 Å². The van der Waals surface area contributed by atoms with Crippen LogP contribution in [0.5, 0.6) is 0 Å². The fourth-order valence-electron chi connectivity index (χ4n) is 2.51. The van der Waals surface area contributed by atoms with Gasteiger partial charge in [0.25, 0.3) is 0 Å². The Morgan fingerprint density at radius 3 is 2.68 bits per heavy atom. The van der Waals surface area contributed by atoms with E-state index in [9.17, 15) is 14.3 Å². The number of benzene rings is 2. The first-order valence-electron chi connectivity index (χ1n) is 8.48. The van der Waals surface area contributed by atoms with Crippen LogP contribution >= 0.6 is 22.6 Å². The average Bonchev–Trinajstić information content (AvgIpc) is 3.33. The summed E-state index contributed by atoms with van der Waals surface area (Å²) in [7, 11) is 1.65. The number of aromatic amines is 1. The molecule has 1 saturated carbocycles. The minimum absolute atomic E-state index is 0.00401. The van der Waals surface area contributed by atoms with Crippen molar-refractivity contribution in [3.8, 4) is 0 Å². The topological polar surface area (TPSA) is 112 Å². The summed E-state index contributed by atoms with van der Waals surface area (Å²) in [6.45, 7) is 1.86. The van der Waals surface area contributed by atoms with Crippen molar-refractivity contribution >= 4 is 51.0 Å². The minimum atomic E-state index is -1.24. The number of hydrogen-bond donors (Lipinski definition) is 4. The zero-order chi connectivity index (χ0) is 20.3. The highest BCUT2D eigenvalue weighted by molar-refractivity contribution is 14.1. The molecular formula is C18H19FIN5O3. The quantitative estimate of drug-likeness (QED) is 0.313. The van der Waals surface area contributed by atoms with E-state index >= 15 is 0 Å². The Balaban J connectivity index is 0.000000320. The first-order valence-corrected chi connectivity index (χ1v) is 9.56. The van der Waals surface area contributed by atoms with Gasteiger partial charge in [-0.15, -0.1) is 0 Å². The highest BCUT2D eigenvalue weighted by atomic mass is 127. The van der Waals surface area contributed by atoms with E-state index in [1.54, 1.807) is 13.2 Å². The van der Waals surface area contributed by atoms with Crippen LogP contribution < -0.4 is 10.8 Å². The van der Waals surface area contributed by atoms with E-state index < -0.39 is 11.8 Å². The number of H-pyrrole nitrogens is 1. The van der Waals surface area contributed by atoms with Gasteiger partial charge >= 0.3 is 5.97 Å². The van der Waals surface area contributed by atoms with E-state index in [1.165, 1.54) is 18.9 Å². The fraction of sp³-hybridized carbons (Fsp3) is 0.278. The van der Waals surface area contributed by atoms with Crippen LogP contribution in [0.3, 0.4) is 0 Å². The van der Waals surface area contributed by atoms with Crippen molar-refractivity contribution in [1.82, 2.24) is 20.9 Å². The number of nitrogens with one attached hydrogen (secondary N) is 3. The molecule has 0 radical (unpaired) electrons. The van der Waals surface area contributed by atoms with Crippen LogP contribution in [-0.4, -0.2) is 39.6 Å². The zero-order valence-corrected chi connectivity index (χ0v) is 17.4. The number of hydrogen-bond acceptors (Lipinski definition) is 6. The van der Waals surface area contributed by atoms with E-state index in [4.69, 9.17) is 0 Å². The molecule has 1 aliphatic rings. The molecular weight excluding hydrogens is 480 g/mol. The van der Waals surface area contributed by atoms with Crippen molar-refractivity contribution in [3.63, 3.8) is 0 Å². The Hall–Kier alpha value is -2.31. The number of carboxylic acids is 1. The molecule has 2 aromatic carbocycles. The largest absolute Gasteiger partial charge is 0.478 e. The maximum absolute atomic E-state index is 14.6. The Morgan fingerprint density at radius 1 is 1.36 bits per heavy atom. The highest BCUT2D eigenvalue weighted by Crippen LogP contribution is 2.31. The molecule has 1 aromatic heterocycles. The van der Waals surface area contributed by atoms with Crippen LogP contribution in [-0.2, 0) is 4.84 Å². The third kappa shape index (κ3) is 4.75. The number of carboxylic acid groups (broad SMARTS) is 1. The van der Waals surface area contributed by atoms with E-state index in [0.717, 1.165) is 9.13 Å². The van der Waals surface area contributed by atoms with Gasteiger partial charge in [-0.3, -0.25) is 0 Å². The van der Waals surface area contributed by atoms with Gasteiger partial charge in [-0.05, 0) is 72.2 Å². The van der Waals surface area contributed by atoms with Gasteiger partial charge in [0.2, 0.25) is 0 Å². The Kier molecular flexibility index (Phi) is 6.42. The van der Waals surface area contributed by atoms with Crippen molar-refractivity contribution in [3.05, 3.63) is 44.8 Å². The molecule has 4 rings (SSSR count). The van der Waals surface area contributed by atoms with Crippen LogP contribution in [0.4, 0.5) is 15.8 Å². The summed E-state index contributed by atoms with van der Waals surface area (Å²) in [6.07, 6.45) is 2.57. The number of aromatic nitrogens is 3. The molecule has 0 atom stereocenters. The normalized spacial score (nSPS) is 13.1. The maximum Gasteiger partial charge on any atom is 0.338 e. The summed E-state index contributed by atoms with van der Waals surface area (Å²) in [6, 6.07) is 7.50. The lowest BCUT2D eigenvalue weighted by Gasteiger charge is -2.13. The predicted molar refractivity (Wildman–Crippen MR) is 111 cm³/mol. The molecule has 0 spiro atoms. The molecule has 8 nitrogen and oxygen atoms in total. The lowest BCUT2D eigenvalue weighted by Crippen LogP contribution is -2.12. The van der Waals surface area contributed by atoms with Crippen LogP contribution in [0.25, 0.3) is 11.0 Å². The number of aryl methyl sites for hydroxylation is 1. The van der Waals surface area contributed by atoms with E-state index in [2.05, 4.69) is 53.6 Å². The van der Waals surface area contributed by atoms with E-state index in [0.29, 0.717) is 11.7 Å². The first kappa shape index (κ1) is 20.4. The molecule has 0 saturated heterocycles. The van der Waals surface area contributed by atoms with E-state index in [-0.39, 0.29) is 22.3 Å². The maximum atomic E-state index is 14.6. The SMILES string of the molecule is CONC1CC1.Cc1cc(I)ccc1Nc1c(C(=O)O)cc2n[nH]nc2c1F. The molecule has 0 amide bonds. The van der Waals surface area contributed by atoms with Crippen LogP contribution in [0.2, 0.25) is 0 Å². The zero-order valence-electron chi connectivity index (χ0n) is 15.2. The van der Waals surface area contributed by atoms with Crippen LogP contribution in [0.15, 0.2) is 24.3 Å². The van der Waals surface area contributed by atoms with Gasteiger partial charge < -0.3 is 15.3 Å². The number of carbonyl (C=O) groups is 1. The van der Waals surface area contributed by atoms with Crippen molar-refractivity contribution < 1.29 is 19.1 Å². The Labute approximate surface area is 173 Å². The molecule has 28 heavy (non-hydrogen) atoms. The standard InChI is InChI=1S/C14H10FIN4O2.C4H9NO/c1-6-4-7(16)2-3-9(6)17-12-8(14(21)22)5-10-13(11(12)15)19-20-18-10;1-6-5-4-2-3-4/h2-5,17H,1H3,(H,21,22)(H,18,19,20);4-5H,2-3H2,1H3. The molecule has 0 bridgehead atoms. The smallest absolute Gasteiger partial charge is 0.338 e. The predicted octanol–water partition coefficient (Wildman–Crippen LogP) is 3.75. The monoisotopic (exact) mass is 499 g/mol. The van der Waals surface area contributed by atoms with Crippen molar-refractivity contribution in [2.24, 2.45) is 0 Å². The van der Waals surface area contributed by atoms with Crippen molar-refractivity contribution in [1.29, 1.82) is 0 Å². The van der Waals surface area contributed by atoms with Crippen LogP contribution in [0.1, 0.15) is 28.8 Å². The number of fused-ring (bicyclic) bond motifs is 1. The number of hydroxylamine groups is 1. The molecule has 1 fully saturated rings. The van der Waals surface area contributed by atoms with Gasteiger partial charge in [-0.25, -0.2) is 9.18 Å². The molecule has 0 unspecified atom stereocenters. The summed E-state index contributed by atoms with van der Waals surface area (Å²) >= 11 is 2.17. The summed E-state index contributed by atoms with van der Waals surface area (Å²) in [5, 5.41) is 21.9. The highest BCUT2D eigenvalue weighted by Gasteiger charge is 2.21. The summed E-state index contributed by atoms with van der Waals surface area (Å²) in [5.74, 6) is -1.99. The summed E-state index contributed by atoms with van der Waals surface area (Å²) in [5.41, 5.74) is 4.16. The van der Waals surface area contributed by atoms with Gasteiger partial charge in [0.15, 0.2) is 11.3 Å². The third-order valence-electron chi connectivity index (χ3n) is 4.09. The lowest BCUT2D eigenvalue weighted by molar-refractivity contribution is 0.0697. The fourth-order valence-corrected chi connectivity index (χ4v) is 3.15. The second kappa shape index (κ2) is 8.80. The molecule has 1 heterocycles. The van der Waals surface area contributed by atoms with Gasteiger partial charge in [0.05, 0.1) is 18.4 Å². The Bertz CT molecular complexity index is 1010. The number of anilines is 2. The molecule has 1 aliphatic carbocycles. The number of rotatable bonds is 5. The lowest BCUT2D eigenvalue weighted by atomic mass is 10.1. The van der Waals surface area contributed by atoms with Gasteiger partial charge in [0.1, 0.15) is 5.52 Å². The molecule has 0 aliphatic heterocycles. The molecule has 10 heteroatoms. The first-order chi connectivity index (χ1) is 13.4. The van der Waals surface area contributed by atoms with Crippen molar-refractivity contribution in [2.75, 3.05) is 12.4 Å². The number of nitrogens with zero attached hydrogens (tertiary/aromatic N) is 2. The third-order valence-corrected chi connectivity index (χ3v) is 4.76. The van der Waals surface area contributed by atoms with Crippen LogP contribution in [0, 0.1) is 16.3 Å². The second-order valence-corrected chi connectivity index (χ2v) is 7.54. The molecule has 4 N–H and O–H groups in total. The molecule has 3 aromatic rings.